The third-order valence-corrected chi connectivity index (χ3v) is 7.29. The lowest BCUT2D eigenvalue weighted by Crippen LogP contribution is -2.42. The van der Waals surface area contributed by atoms with Gasteiger partial charge >= 0.3 is 12.1 Å². The van der Waals surface area contributed by atoms with E-state index in [1.54, 1.807) is 56.6 Å². The molecule has 0 fully saturated rings. The summed E-state index contributed by atoms with van der Waals surface area (Å²) in [6.07, 6.45) is -0.599. The van der Waals surface area contributed by atoms with Crippen LogP contribution >= 0.6 is 0 Å². The maximum Gasteiger partial charge on any atom is 0.421 e. The summed E-state index contributed by atoms with van der Waals surface area (Å²) >= 11 is 0. The molecule has 1 unspecified atom stereocenters. The minimum Gasteiger partial charge on any atom is -0.497 e. The van der Waals surface area contributed by atoms with Gasteiger partial charge in [-0.05, 0) is 52.1 Å². The molecule has 0 aromatic heterocycles. The minimum atomic E-state index is -1.06. The van der Waals surface area contributed by atoms with Crippen molar-refractivity contribution in [2.45, 2.75) is 12.0 Å². The average Bonchev–Trinajstić information content (AvgIpc) is 3.33. The number of amides is 1. The largest absolute Gasteiger partial charge is 0.497 e. The van der Waals surface area contributed by atoms with Crippen LogP contribution in [0.25, 0.3) is 11.1 Å². The number of rotatable bonds is 11. The summed E-state index contributed by atoms with van der Waals surface area (Å²) in [6, 6.07) is 28.3. The number of carboxylic acids is 1. The van der Waals surface area contributed by atoms with E-state index in [1.165, 1.54) is 0 Å². The van der Waals surface area contributed by atoms with E-state index in [-0.39, 0.29) is 12.5 Å². The third kappa shape index (κ3) is 6.01. The molecule has 2 N–H and O–H groups in total. The number of hydrogen-bond acceptors (Lipinski definition) is 7. The van der Waals surface area contributed by atoms with E-state index in [2.05, 4.69) is 29.7 Å². The summed E-state index contributed by atoms with van der Waals surface area (Å²) < 4.78 is 22.1. The Balaban J connectivity index is 1.36. The zero-order chi connectivity index (χ0) is 29.6. The van der Waals surface area contributed by atoms with Crippen LogP contribution in [0.2, 0.25) is 0 Å². The van der Waals surface area contributed by atoms with Crippen LogP contribution in [0.1, 0.15) is 34.2 Å². The summed E-state index contributed by atoms with van der Waals surface area (Å²) in [6.45, 7) is -0.266. The Kier molecular flexibility index (Phi) is 8.59. The molecule has 0 bridgehead atoms. The summed E-state index contributed by atoms with van der Waals surface area (Å²) in [7, 11) is 4.88. The second-order valence-electron chi connectivity index (χ2n) is 9.81. The Morgan fingerprint density at radius 3 is 2.07 bits per heavy atom. The molecule has 0 saturated heterocycles. The van der Waals surface area contributed by atoms with Crippen molar-refractivity contribution in [3.05, 3.63) is 113 Å². The predicted molar refractivity (Wildman–Crippen MR) is 157 cm³/mol. The van der Waals surface area contributed by atoms with Crippen molar-refractivity contribution < 1.29 is 33.6 Å². The number of methoxy groups -OCH3 is 2. The van der Waals surface area contributed by atoms with Crippen LogP contribution < -0.4 is 19.6 Å². The number of nitrogens with zero attached hydrogens (tertiary/aromatic N) is 1. The Bertz CT molecular complexity index is 1530. The van der Waals surface area contributed by atoms with E-state index >= 15 is 0 Å². The number of nitrogens with one attached hydrogen (secondary N) is 1. The van der Waals surface area contributed by atoms with Crippen LogP contribution in [0.15, 0.2) is 91.0 Å². The van der Waals surface area contributed by atoms with E-state index in [1.807, 2.05) is 36.4 Å². The number of ether oxygens (including phenoxy) is 4. The van der Waals surface area contributed by atoms with Crippen LogP contribution in [0, 0.1) is 0 Å². The van der Waals surface area contributed by atoms with Crippen LogP contribution in [0.3, 0.4) is 0 Å². The van der Waals surface area contributed by atoms with Crippen molar-refractivity contribution in [3.63, 3.8) is 0 Å². The normalized spacial score (nSPS) is 12.7. The first-order valence-corrected chi connectivity index (χ1v) is 13.4. The fourth-order valence-corrected chi connectivity index (χ4v) is 5.39. The molecule has 0 heterocycles. The molecule has 4 aromatic rings. The van der Waals surface area contributed by atoms with E-state index < -0.39 is 24.7 Å². The first kappa shape index (κ1) is 28.5. The fraction of sp³-hybridized carbons (Fsp3) is 0.212. The lowest BCUT2D eigenvalue weighted by atomic mass is 9.97. The molecule has 0 saturated carbocycles. The van der Waals surface area contributed by atoms with E-state index in [4.69, 9.17) is 24.1 Å². The Hall–Kier alpha value is -5.02. The second kappa shape index (κ2) is 12.7. The highest BCUT2D eigenvalue weighted by Crippen LogP contribution is 2.44. The smallest absolute Gasteiger partial charge is 0.421 e. The highest BCUT2D eigenvalue weighted by atomic mass is 16.6. The summed E-state index contributed by atoms with van der Waals surface area (Å²) in [5, 5.41) is 10.6. The molecular formula is C33H32N2O7. The van der Waals surface area contributed by atoms with E-state index in [9.17, 15) is 9.59 Å². The maximum atomic E-state index is 13.2. The van der Waals surface area contributed by atoms with Gasteiger partial charge in [0.05, 0.1) is 20.3 Å². The van der Waals surface area contributed by atoms with Crippen molar-refractivity contribution >= 4 is 12.1 Å². The number of hydrogen-bond donors (Lipinski definition) is 2. The van der Waals surface area contributed by atoms with Crippen molar-refractivity contribution in [1.29, 1.82) is 0 Å². The van der Waals surface area contributed by atoms with Crippen LogP contribution in [0.4, 0.5) is 4.79 Å². The van der Waals surface area contributed by atoms with Gasteiger partial charge in [0.1, 0.15) is 23.9 Å². The lowest BCUT2D eigenvalue weighted by Gasteiger charge is -2.30. The zero-order valence-electron chi connectivity index (χ0n) is 23.6. The van der Waals surface area contributed by atoms with Gasteiger partial charge in [-0.1, -0.05) is 60.7 Å². The third-order valence-electron chi connectivity index (χ3n) is 7.29. The Labute approximate surface area is 244 Å². The highest BCUT2D eigenvalue weighted by Gasteiger charge is 2.30. The van der Waals surface area contributed by atoms with E-state index in [0.29, 0.717) is 17.2 Å². The molecule has 9 nitrogen and oxygen atoms in total. The monoisotopic (exact) mass is 568 g/mol. The molecule has 42 heavy (non-hydrogen) atoms. The van der Waals surface area contributed by atoms with Gasteiger partial charge in [-0.15, -0.1) is 0 Å². The van der Waals surface area contributed by atoms with Gasteiger partial charge in [-0.3, -0.25) is 5.43 Å². The van der Waals surface area contributed by atoms with Crippen LogP contribution in [-0.2, 0) is 9.53 Å². The fourth-order valence-electron chi connectivity index (χ4n) is 5.39. The molecule has 9 heteroatoms. The van der Waals surface area contributed by atoms with Crippen molar-refractivity contribution in [3.8, 4) is 28.4 Å². The van der Waals surface area contributed by atoms with Gasteiger partial charge < -0.3 is 24.1 Å². The second-order valence-corrected chi connectivity index (χ2v) is 9.81. The SMILES string of the molecule is COc1ccc(C(c2ccc(OCC(=O)O)cc2)N(C)NC(=O)OCC2c3ccccc3-c3ccccc32)c(OC)c1. The minimum absolute atomic E-state index is 0.0655. The van der Waals surface area contributed by atoms with Crippen molar-refractivity contribution in [2.75, 3.05) is 34.5 Å². The number of carbonyl (C=O) groups is 2. The molecule has 1 aliphatic carbocycles. The average molecular weight is 569 g/mol. The van der Waals surface area contributed by atoms with Gasteiger partial charge in [0, 0.05) is 24.6 Å². The van der Waals surface area contributed by atoms with Gasteiger partial charge in [-0.25, -0.2) is 14.6 Å². The van der Waals surface area contributed by atoms with E-state index in [0.717, 1.165) is 33.4 Å². The molecule has 4 aromatic carbocycles. The predicted octanol–water partition coefficient (Wildman–Crippen LogP) is 5.64. The molecule has 1 amide bonds. The topological polar surface area (TPSA) is 107 Å². The summed E-state index contributed by atoms with van der Waals surface area (Å²) in [4.78, 5) is 24.1. The molecular weight excluding hydrogens is 536 g/mol. The van der Waals surface area contributed by atoms with Gasteiger partial charge in [-0.2, -0.15) is 0 Å². The molecule has 1 aliphatic rings. The number of hydrazine groups is 1. The maximum absolute atomic E-state index is 13.2. The Morgan fingerprint density at radius 2 is 1.48 bits per heavy atom. The van der Waals surface area contributed by atoms with Gasteiger partial charge in [0.25, 0.3) is 0 Å². The lowest BCUT2D eigenvalue weighted by molar-refractivity contribution is -0.139. The number of fused-ring (bicyclic) bond motifs is 3. The standard InChI is InChI=1S/C33H32N2O7/c1-35(34-33(38)42-19-29-26-10-6-4-8-24(26)25-9-5-7-11-27(25)29)32(28-17-16-23(39-2)18-30(28)40-3)21-12-14-22(15-13-21)41-20-31(36)37/h4-18,29,32H,19-20H2,1-3H3,(H,34,38)(H,36,37). The molecule has 216 valence electrons. The molecule has 0 aliphatic heterocycles. The summed E-state index contributed by atoms with van der Waals surface area (Å²) in [5.41, 5.74) is 8.99. The first-order chi connectivity index (χ1) is 20.4. The molecule has 0 radical (unpaired) electrons. The van der Waals surface area contributed by atoms with Gasteiger partial charge in [0.2, 0.25) is 0 Å². The molecule has 1 atom stereocenters. The first-order valence-electron chi connectivity index (χ1n) is 13.4. The quantitative estimate of drug-likeness (QED) is 0.224. The molecule has 5 rings (SSSR count). The molecule has 0 spiro atoms. The Morgan fingerprint density at radius 1 is 0.857 bits per heavy atom. The van der Waals surface area contributed by atoms with Gasteiger partial charge in [0.15, 0.2) is 6.61 Å². The number of aliphatic carboxylic acids is 1. The van der Waals surface area contributed by atoms with Crippen molar-refractivity contribution in [2.24, 2.45) is 0 Å². The van der Waals surface area contributed by atoms with Crippen LogP contribution in [0.5, 0.6) is 17.2 Å². The van der Waals surface area contributed by atoms with Crippen LogP contribution in [-0.4, -0.2) is 56.7 Å². The number of benzene rings is 4. The number of carbonyl (C=O) groups excluding carboxylic acids is 1. The zero-order valence-corrected chi connectivity index (χ0v) is 23.6. The summed E-state index contributed by atoms with van der Waals surface area (Å²) in [5.74, 6) is 0.468. The van der Waals surface area contributed by atoms with Crippen molar-refractivity contribution in [1.82, 2.24) is 10.4 Å². The number of carboxylic acid groups (broad SMARTS) is 1. The highest BCUT2D eigenvalue weighted by molar-refractivity contribution is 5.79.